The van der Waals surface area contributed by atoms with Gasteiger partial charge in [-0.05, 0) is 74.7 Å². The third-order valence-electron chi connectivity index (χ3n) is 8.82. The lowest BCUT2D eigenvalue weighted by molar-refractivity contribution is 0.0673. The first kappa shape index (κ1) is 30.5. The Hall–Kier alpha value is -3.91. The van der Waals surface area contributed by atoms with Crippen molar-refractivity contribution in [1.29, 1.82) is 5.26 Å². The van der Waals surface area contributed by atoms with Crippen LogP contribution in [0.1, 0.15) is 46.5 Å². The maximum Gasteiger partial charge on any atom is 0.254 e. The Morgan fingerprint density at radius 1 is 0.884 bits per heavy atom. The van der Waals surface area contributed by atoms with Gasteiger partial charge in [0.15, 0.2) is 0 Å². The highest BCUT2D eigenvalue weighted by atomic mass is 32.2. The number of anilines is 2. The second-order valence-corrected chi connectivity index (χ2v) is 13.3. The molecule has 0 unspecified atom stereocenters. The van der Waals surface area contributed by atoms with Crippen molar-refractivity contribution in [2.75, 3.05) is 49.1 Å². The van der Waals surface area contributed by atoms with Crippen molar-refractivity contribution in [2.45, 2.75) is 51.2 Å². The first-order valence-corrected chi connectivity index (χ1v) is 16.3. The number of nitrogens with zero attached hydrogens (tertiary/aromatic N) is 5. The zero-order valence-corrected chi connectivity index (χ0v) is 26.1. The van der Waals surface area contributed by atoms with Gasteiger partial charge in [0.05, 0.1) is 16.9 Å². The Morgan fingerprint density at radius 2 is 1.51 bits per heavy atom. The Labute approximate surface area is 255 Å². The van der Waals surface area contributed by atoms with Crippen LogP contribution < -0.4 is 14.9 Å². The first-order valence-electron chi connectivity index (χ1n) is 14.7. The molecule has 2 N–H and O–H groups in total. The number of para-hydroxylation sites is 2. The Kier molecular flexibility index (Phi) is 8.79. The quantitative estimate of drug-likeness (QED) is 0.457. The Balaban J connectivity index is 1.29. The van der Waals surface area contributed by atoms with Gasteiger partial charge in [-0.25, -0.2) is 13.6 Å². The van der Waals surface area contributed by atoms with E-state index in [9.17, 15) is 18.5 Å². The number of primary sulfonamides is 1. The largest absolute Gasteiger partial charge is 0.368 e. The van der Waals surface area contributed by atoms with Crippen LogP contribution in [0.4, 0.5) is 11.4 Å². The van der Waals surface area contributed by atoms with Crippen molar-refractivity contribution >= 4 is 27.3 Å². The minimum absolute atomic E-state index is 0.00314. The van der Waals surface area contributed by atoms with Crippen molar-refractivity contribution < 1.29 is 13.2 Å². The summed E-state index contributed by atoms with van der Waals surface area (Å²) in [5.74, 6) is -0.00314. The maximum atomic E-state index is 13.9. The molecule has 2 aliphatic heterocycles. The van der Waals surface area contributed by atoms with E-state index in [2.05, 4.69) is 41.8 Å². The van der Waals surface area contributed by atoms with Crippen LogP contribution in [0.5, 0.6) is 0 Å². The summed E-state index contributed by atoms with van der Waals surface area (Å²) in [6, 6.07) is 21.1. The van der Waals surface area contributed by atoms with Crippen LogP contribution in [0, 0.1) is 25.2 Å². The zero-order chi connectivity index (χ0) is 30.9. The molecule has 3 aromatic carbocycles. The van der Waals surface area contributed by atoms with Crippen LogP contribution in [-0.4, -0.2) is 75.5 Å². The molecule has 9 nitrogen and oxygen atoms in total. The van der Waals surface area contributed by atoms with Crippen molar-refractivity contribution in [3.8, 4) is 6.07 Å². The molecule has 3 aromatic rings. The maximum absolute atomic E-state index is 13.9. The molecule has 10 heteroatoms. The number of sulfonamides is 1. The highest BCUT2D eigenvalue weighted by Gasteiger charge is 2.32. The van der Waals surface area contributed by atoms with E-state index in [1.807, 2.05) is 47.9 Å². The van der Waals surface area contributed by atoms with E-state index in [0.717, 1.165) is 48.6 Å². The van der Waals surface area contributed by atoms with E-state index in [1.54, 1.807) is 18.2 Å². The number of carbonyl (C=O) groups excluding carboxylic acids is 1. The standard InChI is InChI=1S/C33H40N6O3S/c1-23-17-24(2)29(18-28(23)22-36-13-14-37(20-25(36)3)30-10-6-5-9-27(30)19-34)33(40)39-16-15-38(21-26(39)4)31-11-7-8-12-32(31)43(35,41)42/h5-12,17-18,25-26H,13-16,20-22H2,1-4H3,(H2,35,41,42)/t25-,26-/m0/s1. The lowest BCUT2D eigenvalue weighted by Gasteiger charge is -2.42. The second-order valence-electron chi connectivity index (χ2n) is 11.8. The van der Waals surface area contributed by atoms with Crippen molar-refractivity contribution in [2.24, 2.45) is 5.14 Å². The van der Waals surface area contributed by atoms with Gasteiger partial charge < -0.3 is 14.7 Å². The fourth-order valence-corrected chi connectivity index (χ4v) is 7.16. The Morgan fingerprint density at radius 3 is 2.19 bits per heavy atom. The minimum Gasteiger partial charge on any atom is -0.368 e. The van der Waals surface area contributed by atoms with E-state index >= 15 is 0 Å². The number of piperazine rings is 2. The predicted octanol–water partition coefficient (Wildman–Crippen LogP) is 3.88. The molecular weight excluding hydrogens is 560 g/mol. The molecule has 0 bridgehead atoms. The van der Waals surface area contributed by atoms with E-state index in [0.29, 0.717) is 36.4 Å². The molecule has 2 saturated heterocycles. The summed E-state index contributed by atoms with van der Waals surface area (Å²) >= 11 is 0. The first-order chi connectivity index (χ1) is 20.5. The molecular formula is C33H40N6O3S. The molecule has 0 radical (unpaired) electrons. The van der Waals surface area contributed by atoms with Gasteiger partial charge >= 0.3 is 0 Å². The van der Waals surface area contributed by atoms with Crippen molar-refractivity contribution in [3.63, 3.8) is 0 Å². The SMILES string of the molecule is Cc1cc(C)c(C(=O)N2CCN(c3ccccc3S(N)(=O)=O)C[C@@H]2C)cc1CN1CCN(c2ccccc2C#N)C[C@@H]1C. The third kappa shape index (κ3) is 6.39. The van der Waals surface area contributed by atoms with Gasteiger partial charge in [-0.15, -0.1) is 0 Å². The summed E-state index contributed by atoms with van der Waals surface area (Å²) in [7, 11) is -3.87. The van der Waals surface area contributed by atoms with Crippen LogP contribution in [-0.2, 0) is 16.6 Å². The van der Waals surface area contributed by atoms with Crippen LogP contribution in [0.25, 0.3) is 0 Å². The van der Waals surface area contributed by atoms with E-state index in [4.69, 9.17) is 5.14 Å². The number of carbonyl (C=O) groups is 1. The summed E-state index contributed by atoms with van der Waals surface area (Å²) in [5, 5.41) is 15.0. The number of rotatable bonds is 6. The molecule has 0 aliphatic carbocycles. The van der Waals surface area contributed by atoms with E-state index < -0.39 is 10.0 Å². The van der Waals surface area contributed by atoms with Gasteiger partial charge in [0.25, 0.3) is 5.91 Å². The van der Waals surface area contributed by atoms with Crippen molar-refractivity contribution in [1.82, 2.24) is 9.80 Å². The fourth-order valence-electron chi connectivity index (χ4n) is 6.40. The number of nitriles is 1. The van der Waals surface area contributed by atoms with Gasteiger partial charge in [0.2, 0.25) is 10.0 Å². The molecule has 5 rings (SSSR count). The molecule has 2 aliphatic rings. The molecule has 0 saturated carbocycles. The molecule has 2 heterocycles. The summed E-state index contributed by atoms with van der Waals surface area (Å²) in [5.41, 5.74) is 6.22. The molecule has 1 amide bonds. The molecule has 43 heavy (non-hydrogen) atoms. The number of hydrogen-bond acceptors (Lipinski definition) is 7. The van der Waals surface area contributed by atoms with Crippen LogP contribution in [0.15, 0.2) is 65.6 Å². The normalized spacial score (nSPS) is 19.8. The number of hydrogen-bond donors (Lipinski definition) is 1. The van der Waals surface area contributed by atoms with Crippen LogP contribution >= 0.6 is 0 Å². The second kappa shape index (κ2) is 12.4. The van der Waals surface area contributed by atoms with Crippen LogP contribution in [0.2, 0.25) is 0 Å². The summed E-state index contributed by atoms with van der Waals surface area (Å²) in [4.78, 5) is 22.7. The number of aryl methyl sites for hydroxylation is 2. The number of benzene rings is 3. The molecule has 2 fully saturated rings. The fraction of sp³-hybridized carbons (Fsp3) is 0.394. The topological polar surface area (TPSA) is 114 Å². The van der Waals surface area contributed by atoms with Gasteiger partial charge in [0, 0.05) is 63.5 Å². The van der Waals surface area contributed by atoms with E-state index in [-0.39, 0.29) is 22.9 Å². The smallest absolute Gasteiger partial charge is 0.254 e. The zero-order valence-electron chi connectivity index (χ0n) is 25.3. The van der Waals surface area contributed by atoms with Gasteiger partial charge in [0.1, 0.15) is 11.0 Å². The lowest BCUT2D eigenvalue weighted by atomic mass is 9.97. The Bertz CT molecular complexity index is 1670. The minimum atomic E-state index is -3.87. The van der Waals surface area contributed by atoms with Gasteiger partial charge in [-0.1, -0.05) is 30.3 Å². The predicted molar refractivity (Wildman–Crippen MR) is 170 cm³/mol. The highest BCUT2D eigenvalue weighted by molar-refractivity contribution is 7.89. The average Bonchev–Trinajstić information content (AvgIpc) is 2.98. The number of nitrogens with two attached hydrogens (primary N) is 1. The van der Waals surface area contributed by atoms with Gasteiger partial charge in [-0.2, -0.15) is 5.26 Å². The monoisotopic (exact) mass is 600 g/mol. The van der Waals surface area contributed by atoms with Crippen LogP contribution in [0.3, 0.4) is 0 Å². The lowest BCUT2D eigenvalue weighted by Crippen LogP contribution is -2.54. The average molecular weight is 601 g/mol. The number of amides is 1. The molecule has 0 spiro atoms. The summed E-state index contributed by atoms with van der Waals surface area (Å²) < 4.78 is 24.3. The summed E-state index contributed by atoms with van der Waals surface area (Å²) in [6.07, 6.45) is 0. The molecule has 2 atom stereocenters. The van der Waals surface area contributed by atoms with Gasteiger partial charge in [-0.3, -0.25) is 9.69 Å². The highest BCUT2D eigenvalue weighted by Crippen LogP contribution is 2.29. The third-order valence-corrected chi connectivity index (χ3v) is 9.78. The molecule has 0 aromatic heterocycles. The molecule has 226 valence electrons. The van der Waals surface area contributed by atoms with E-state index in [1.165, 1.54) is 6.07 Å². The summed E-state index contributed by atoms with van der Waals surface area (Å²) in [6.45, 7) is 13.1. The van der Waals surface area contributed by atoms with Crippen molar-refractivity contribution in [3.05, 3.63) is 88.5 Å².